The van der Waals surface area contributed by atoms with Gasteiger partial charge in [-0.05, 0) is 49.5 Å². The van der Waals surface area contributed by atoms with Crippen molar-refractivity contribution in [3.63, 3.8) is 0 Å². The number of hydrogen-bond acceptors (Lipinski definition) is 2. The van der Waals surface area contributed by atoms with E-state index in [2.05, 4.69) is 17.5 Å². The summed E-state index contributed by atoms with van der Waals surface area (Å²) >= 11 is 16.9. The fourth-order valence-corrected chi connectivity index (χ4v) is 3.43. The Morgan fingerprint density at radius 1 is 1.26 bits per heavy atom. The Balaban J connectivity index is 1.89. The van der Waals surface area contributed by atoms with Crippen LogP contribution in [0.15, 0.2) is 36.4 Å². The Morgan fingerprint density at radius 3 is 2.59 bits per heavy atom. The number of rotatable bonds is 4. The number of hydrogen-bond donors (Lipinski definition) is 2. The molecule has 3 rings (SSSR count). The summed E-state index contributed by atoms with van der Waals surface area (Å²) < 4.78 is 16.0. The molecule has 0 aliphatic rings. The molecule has 1 aromatic heterocycles. The second kappa shape index (κ2) is 7.46. The third kappa shape index (κ3) is 3.65. The van der Waals surface area contributed by atoms with E-state index in [0.717, 1.165) is 11.6 Å². The number of nitrogens with one attached hydrogen (secondary N) is 1. The van der Waals surface area contributed by atoms with Crippen molar-refractivity contribution in [1.82, 2.24) is 9.88 Å². The van der Waals surface area contributed by atoms with Gasteiger partial charge in [-0.15, -0.1) is 0 Å². The predicted molar refractivity (Wildman–Crippen MR) is 110 cm³/mol. The monoisotopic (exact) mass is 424 g/mol. The predicted octanol–water partition coefficient (Wildman–Crippen LogP) is 5.35. The zero-order chi connectivity index (χ0) is 19.9. The smallest absolute Gasteiger partial charge is 0.268 e. The SMILES string of the molecule is CC(NC(=O)c1cc2c(Cl)c(Cl)ccc2n1C)c1ccc(C(O)=S)cc1F. The molecule has 1 atom stereocenters. The maximum Gasteiger partial charge on any atom is 0.268 e. The average molecular weight is 425 g/mol. The van der Waals surface area contributed by atoms with E-state index in [0.29, 0.717) is 21.1 Å². The van der Waals surface area contributed by atoms with Gasteiger partial charge in [-0.25, -0.2) is 4.39 Å². The van der Waals surface area contributed by atoms with E-state index < -0.39 is 11.9 Å². The number of aryl methyl sites for hydroxylation is 1. The van der Waals surface area contributed by atoms with Gasteiger partial charge in [0, 0.05) is 29.1 Å². The first-order valence-electron chi connectivity index (χ1n) is 7.97. The molecule has 0 bridgehead atoms. The quantitative estimate of drug-likeness (QED) is 0.555. The van der Waals surface area contributed by atoms with Gasteiger partial charge >= 0.3 is 0 Å². The van der Waals surface area contributed by atoms with Crippen LogP contribution in [0.2, 0.25) is 10.0 Å². The van der Waals surface area contributed by atoms with Crippen LogP contribution in [0.5, 0.6) is 0 Å². The third-order valence-corrected chi connectivity index (χ3v) is 5.46. The fourth-order valence-electron chi connectivity index (χ4n) is 2.93. The number of benzene rings is 2. The van der Waals surface area contributed by atoms with Crippen LogP contribution in [0.1, 0.15) is 34.6 Å². The molecule has 0 aliphatic heterocycles. The highest BCUT2D eigenvalue weighted by molar-refractivity contribution is 7.80. The van der Waals surface area contributed by atoms with Crippen molar-refractivity contribution in [3.05, 3.63) is 69.1 Å². The third-order valence-electron chi connectivity index (χ3n) is 4.41. The summed E-state index contributed by atoms with van der Waals surface area (Å²) in [5.74, 6) is -0.946. The van der Waals surface area contributed by atoms with Crippen LogP contribution < -0.4 is 5.32 Å². The molecule has 8 heteroatoms. The van der Waals surface area contributed by atoms with E-state index in [1.807, 2.05) is 0 Å². The lowest BCUT2D eigenvalue weighted by atomic mass is 10.1. The summed E-state index contributed by atoms with van der Waals surface area (Å²) in [6.45, 7) is 1.67. The maximum absolute atomic E-state index is 14.3. The standard InChI is InChI=1S/C19H15Cl2FN2O2S/c1-9(11-4-3-10(19(26)27)7-14(11)22)23-18(25)16-8-12-15(24(16)2)6-5-13(20)17(12)21/h3-9H,1-2H3,(H,23,25)(H,26,27). The minimum atomic E-state index is -0.601. The van der Waals surface area contributed by atoms with Gasteiger partial charge in [-0.1, -0.05) is 29.3 Å². The number of amides is 1. The largest absolute Gasteiger partial charge is 0.499 e. The van der Waals surface area contributed by atoms with Gasteiger partial charge in [-0.2, -0.15) is 0 Å². The molecule has 1 amide bonds. The van der Waals surface area contributed by atoms with Crippen LogP contribution in [0, 0.1) is 5.82 Å². The van der Waals surface area contributed by atoms with Crippen molar-refractivity contribution >= 4 is 57.3 Å². The number of carbonyl (C=O) groups is 1. The molecule has 0 saturated carbocycles. The molecule has 4 nitrogen and oxygen atoms in total. The number of halogens is 3. The lowest BCUT2D eigenvalue weighted by molar-refractivity contribution is 0.0931. The van der Waals surface area contributed by atoms with E-state index in [9.17, 15) is 14.3 Å². The molecule has 1 heterocycles. The van der Waals surface area contributed by atoms with Gasteiger partial charge in [0.15, 0.2) is 5.05 Å². The number of carbonyl (C=O) groups excluding carboxylic acids is 1. The van der Waals surface area contributed by atoms with Crippen molar-refractivity contribution < 1.29 is 14.3 Å². The zero-order valence-electron chi connectivity index (χ0n) is 14.4. The van der Waals surface area contributed by atoms with Crippen molar-refractivity contribution in [2.75, 3.05) is 0 Å². The second-order valence-electron chi connectivity index (χ2n) is 6.12. The highest BCUT2D eigenvalue weighted by Gasteiger charge is 2.20. The van der Waals surface area contributed by atoms with Crippen molar-refractivity contribution in [3.8, 4) is 0 Å². The number of aliphatic hydroxyl groups is 1. The Morgan fingerprint density at radius 2 is 1.96 bits per heavy atom. The fraction of sp³-hybridized carbons (Fsp3) is 0.158. The van der Waals surface area contributed by atoms with Crippen LogP contribution in [0.3, 0.4) is 0 Å². The summed E-state index contributed by atoms with van der Waals surface area (Å²) in [6.07, 6.45) is 0. The minimum Gasteiger partial charge on any atom is -0.499 e. The van der Waals surface area contributed by atoms with Crippen LogP contribution in [-0.4, -0.2) is 20.6 Å². The summed E-state index contributed by atoms with van der Waals surface area (Å²) in [6, 6.07) is 8.61. The lowest BCUT2D eigenvalue weighted by Gasteiger charge is -2.16. The normalized spacial score (nSPS) is 12.2. The summed E-state index contributed by atoms with van der Waals surface area (Å²) in [7, 11) is 1.74. The van der Waals surface area contributed by atoms with Gasteiger partial charge in [0.05, 0.1) is 16.1 Å². The van der Waals surface area contributed by atoms with Crippen molar-refractivity contribution in [1.29, 1.82) is 0 Å². The first-order chi connectivity index (χ1) is 12.7. The number of fused-ring (bicyclic) bond motifs is 1. The highest BCUT2D eigenvalue weighted by atomic mass is 35.5. The Labute approximate surface area is 170 Å². The van der Waals surface area contributed by atoms with Crippen molar-refractivity contribution in [2.24, 2.45) is 7.05 Å². The molecule has 0 fully saturated rings. The van der Waals surface area contributed by atoms with Gasteiger partial charge in [0.25, 0.3) is 5.91 Å². The molecule has 0 aliphatic carbocycles. The van der Waals surface area contributed by atoms with Gasteiger partial charge in [0.2, 0.25) is 0 Å². The van der Waals surface area contributed by atoms with E-state index >= 15 is 0 Å². The summed E-state index contributed by atoms with van der Waals surface area (Å²) in [4.78, 5) is 12.7. The van der Waals surface area contributed by atoms with Crippen LogP contribution in [-0.2, 0) is 7.05 Å². The minimum absolute atomic E-state index is 0.213. The molecule has 2 aromatic carbocycles. The zero-order valence-corrected chi connectivity index (χ0v) is 16.7. The molecule has 1 unspecified atom stereocenters. The molecule has 3 aromatic rings. The summed E-state index contributed by atoms with van der Waals surface area (Å²) in [5.41, 5.74) is 1.62. The Hall–Kier alpha value is -2.15. The van der Waals surface area contributed by atoms with Crippen molar-refractivity contribution in [2.45, 2.75) is 13.0 Å². The van der Waals surface area contributed by atoms with Crippen LogP contribution >= 0.6 is 35.4 Å². The second-order valence-corrected chi connectivity index (χ2v) is 7.29. The molecular formula is C19H15Cl2FN2O2S. The average Bonchev–Trinajstić information content (AvgIpc) is 2.95. The number of thiocarbonyl (C=S) groups is 1. The van der Waals surface area contributed by atoms with Crippen LogP contribution in [0.25, 0.3) is 10.9 Å². The molecule has 2 N–H and O–H groups in total. The maximum atomic E-state index is 14.3. The highest BCUT2D eigenvalue weighted by Crippen LogP contribution is 2.32. The van der Waals surface area contributed by atoms with Gasteiger partial charge in [0.1, 0.15) is 11.5 Å². The first-order valence-corrected chi connectivity index (χ1v) is 9.14. The van der Waals surface area contributed by atoms with E-state index in [-0.39, 0.29) is 22.1 Å². The van der Waals surface area contributed by atoms with E-state index in [4.69, 9.17) is 23.2 Å². The topological polar surface area (TPSA) is 54.3 Å². The molecule has 27 heavy (non-hydrogen) atoms. The lowest BCUT2D eigenvalue weighted by Crippen LogP contribution is -2.28. The van der Waals surface area contributed by atoms with Gasteiger partial charge in [-0.3, -0.25) is 4.79 Å². The number of nitrogens with zero attached hydrogens (tertiary/aromatic N) is 1. The molecule has 0 spiro atoms. The van der Waals surface area contributed by atoms with Crippen LogP contribution in [0.4, 0.5) is 4.39 Å². The molecular weight excluding hydrogens is 410 g/mol. The Kier molecular flexibility index (Phi) is 5.42. The van der Waals surface area contributed by atoms with E-state index in [1.54, 1.807) is 36.7 Å². The number of aliphatic hydroxyl groups excluding tert-OH is 1. The first kappa shape index (κ1) is 19.6. The summed E-state index contributed by atoms with van der Waals surface area (Å²) in [5, 5.41) is 13.1. The van der Waals surface area contributed by atoms with Gasteiger partial charge < -0.3 is 15.0 Å². The number of aromatic nitrogens is 1. The molecule has 0 saturated heterocycles. The van der Waals surface area contributed by atoms with E-state index in [1.165, 1.54) is 12.1 Å². The Bertz CT molecular complexity index is 1080. The molecule has 140 valence electrons. The molecule has 0 radical (unpaired) electrons.